The van der Waals surface area contributed by atoms with Gasteiger partial charge >= 0.3 is 5.97 Å². The van der Waals surface area contributed by atoms with E-state index >= 15 is 0 Å². The first-order valence-corrected chi connectivity index (χ1v) is 7.88. The Balaban J connectivity index is 2.28. The van der Waals surface area contributed by atoms with Crippen LogP contribution in [0.2, 0.25) is 0 Å². The number of nitrogens with zero attached hydrogens (tertiary/aromatic N) is 1. The summed E-state index contributed by atoms with van der Waals surface area (Å²) in [6.07, 6.45) is 4.87. The van der Waals surface area contributed by atoms with E-state index in [0.717, 1.165) is 25.7 Å². The van der Waals surface area contributed by atoms with Crippen LogP contribution in [0.25, 0.3) is 0 Å². The van der Waals surface area contributed by atoms with Crippen LogP contribution in [0.1, 0.15) is 43.1 Å². The fourth-order valence-electron chi connectivity index (χ4n) is 2.05. The van der Waals surface area contributed by atoms with Crippen molar-refractivity contribution in [1.29, 1.82) is 0 Å². The molecule has 2 rings (SSSR count). The van der Waals surface area contributed by atoms with E-state index in [1.165, 1.54) is 16.8 Å². The Morgan fingerprint density at radius 3 is 2.68 bits per heavy atom. The highest BCUT2D eigenvalue weighted by Crippen LogP contribution is 2.22. The molecule has 1 aliphatic rings. The van der Waals surface area contributed by atoms with Gasteiger partial charge in [-0.1, -0.05) is 13.3 Å². The van der Waals surface area contributed by atoms with Gasteiger partial charge in [-0.2, -0.15) is 0 Å². The topological polar surface area (TPSA) is 88.4 Å². The highest BCUT2D eigenvalue weighted by molar-refractivity contribution is 7.89. The molecule has 0 amide bonds. The summed E-state index contributed by atoms with van der Waals surface area (Å²) in [7, 11) is -3.61. The molecule has 1 heterocycles. The van der Waals surface area contributed by atoms with Gasteiger partial charge in [-0.15, -0.1) is 0 Å². The second-order valence-corrected chi connectivity index (χ2v) is 6.52. The number of aromatic carboxylic acids is 1. The third-order valence-electron chi connectivity index (χ3n) is 3.29. The number of aromatic nitrogens is 1. The van der Waals surface area contributed by atoms with Gasteiger partial charge in [0.05, 0.1) is 0 Å². The Labute approximate surface area is 112 Å². The van der Waals surface area contributed by atoms with Crippen LogP contribution in [0, 0.1) is 0 Å². The van der Waals surface area contributed by atoms with Gasteiger partial charge in [-0.05, 0) is 25.3 Å². The van der Waals surface area contributed by atoms with Crippen molar-refractivity contribution in [3.05, 3.63) is 18.0 Å². The minimum absolute atomic E-state index is 0.00666. The zero-order chi connectivity index (χ0) is 14.0. The Hall–Kier alpha value is -1.34. The molecule has 0 aliphatic heterocycles. The van der Waals surface area contributed by atoms with Crippen molar-refractivity contribution in [3.63, 3.8) is 0 Å². The van der Waals surface area contributed by atoms with Crippen LogP contribution in [0.4, 0.5) is 0 Å². The van der Waals surface area contributed by atoms with Crippen molar-refractivity contribution >= 4 is 16.0 Å². The first kappa shape index (κ1) is 14.1. The van der Waals surface area contributed by atoms with Gasteiger partial charge in [0.1, 0.15) is 10.6 Å². The Morgan fingerprint density at radius 1 is 1.53 bits per heavy atom. The number of nitrogens with one attached hydrogen (secondary N) is 1. The van der Waals surface area contributed by atoms with E-state index in [0.29, 0.717) is 6.54 Å². The first-order chi connectivity index (χ1) is 8.94. The molecular formula is C12H18N2O4S. The molecule has 1 aromatic heterocycles. The van der Waals surface area contributed by atoms with Crippen molar-refractivity contribution in [2.75, 3.05) is 0 Å². The summed E-state index contributed by atoms with van der Waals surface area (Å²) in [6, 6.07) is 1.21. The zero-order valence-electron chi connectivity index (χ0n) is 10.8. The van der Waals surface area contributed by atoms with Gasteiger partial charge in [0, 0.05) is 18.8 Å². The molecule has 0 saturated heterocycles. The fourth-order valence-corrected chi connectivity index (χ4v) is 3.39. The highest BCUT2D eigenvalue weighted by atomic mass is 32.2. The average Bonchev–Trinajstić information content (AvgIpc) is 2.69. The first-order valence-electron chi connectivity index (χ1n) is 6.40. The van der Waals surface area contributed by atoms with Crippen LogP contribution >= 0.6 is 0 Å². The van der Waals surface area contributed by atoms with Crippen molar-refractivity contribution in [2.45, 2.75) is 50.1 Å². The van der Waals surface area contributed by atoms with Gasteiger partial charge in [0.2, 0.25) is 10.0 Å². The lowest BCUT2D eigenvalue weighted by molar-refractivity contribution is 0.0685. The summed E-state index contributed by atoms with van der Waals surface area (Å²) >= 11 is 0. The normalized spacial score (nSPS) is 16.3. The van der Waals surface area contributed by atoms with Gasteiger partial charge in [0.25, 0.3) is 0 Å². The molecule has 0 bridgehead atoms. The van der Waals surface area contributed by atoms with Gasteiger partial charge in [-0.25, -0.2) is 17.9 Å². The average molecular weight is 286 g/mol. The summed E-state index contributed by atoms with van der Waals surface area (Å²) in [5.74, 6) is -1.11. The minimum atomic E-state index is -3.61. The number of aryl methyl sites for hydroxylation is 1. The van der Waals surface area contributed by atoms with Crippen LogP contribution in [0.5, 0.6) is 0 Å². The number of rotatable bonds is 6. The van der Waals surface area contributed by atoms with Crippen LogP contribution in [0.15, 0.2) is 17.2 Å². The molecule has 6 nitrogen and oxygen atoms in total. The number of sulfonamides is 1. The fraction of sp³-hybridized carbons (Fsp3) is 0.583. The van der Waals surface area contributed by atoms with Crippen LogP contribution in [-0.2, 0) is 16.6 Å². The molecule has 0 radical (unpaired) electrons. The monoisotopic (exact) mass is 286 g/mol. The number of hydrogen-bond donors (Lipinski definition) is 2. The maximum Gasteiger partial charge on any atom is 0.352 e. The molecule has 19 heavy (non-hydrogen) atoms. The SMILES string of the molecule is CCCn1cc(S(=O)(=O)NC2CCC2)cc1C(=O)O. The summed E-state index contributed by atoms with van der Waals surface area (Å²) < 4.78 is 28.3. The van der Waals surface area contributed by atoms with E-state index in [1.54, 1.807) is 0 Å². The largest absolute Gasteiger partial charge is 0.477 e. The smallest absolute Gasteiger partial charge is 0.352 e. The Bertz CT molecular complexity index is 573. The lowest BCUT2D eigenvalue weighted by Crippen LogP contribution is -2.39. The standard InChI is InChI=1S/C12H18N2O4S/c1-2-6-14-8-10(7-11(14)12(15)16)19(17,18)13-9-4-3-5-9/h7-9,13H,2-6H2,1H3,(H,15,16). The van der Waals surface area contributed by atoms with E-state index in [-0.39, 0.29) is 16.6 Å². The molecule has 106 valence electrons. The maximum atomic E-state index is 12.1. The molecular weight excluding hydrogens is 268 g/mol. The molecule has 1 fully saturated rings. The highest BCUT2D eigenvalue weighted by Gasteiger charge is 2.27. The van der Waals surface area contributed by atoms with Crippen molar-refractivity contribution in [3.8, 4) is 0 Å². The Morgan fingerprint density at radius 2 is 2.21 bits per heavy atom. The van der Waals surface area contributed by atoms with Crippen molar-refractivity contribution in [2.24, 2.45) is 0 Å². The van der Waals surface area contributed by atoms with Gasteiger partial charge in [0.15, 0.2) is 0 Å². The van der Waals surface area contributed by atoms with E-state index < -0.39 is 16.0 Å². The van der Waals surface area contributed by atoms with E-state index in [2.05, 4.69) is 4.72 Å². The third kappa shape index (κ3) is 2.98. The molecule has 1 aromatic rings. The zero-order valence-corrected chi connectivity index (χ0v) is 11.6. The van der Waals surface area contributed by atoms with E-state index in [9.17, 15) is 13.2 Å². The molecule has 2 N–H and O–H groups in total. The second kappa shape index (κ2) is 5.34. The predicted molar refractivity (Wildman–Crippen MR) is 69.6 cm³/mol. The molecule has 7 heteroatoms. The number of carbonyl (C=O) groups is 1. The summed E-state index contributed by atoms with van der Waals surface area (Å²) in [4.78, 5) is 11.1. The van der Waals surface area contributed by atoms with E-state index in [4.69, 9.17) is 5.11 Å². The quantitative estimate of drug-likeness (QED) is 0.828. The number of hydrogen-bond acceptors (Lipinski definition) is 3. The molecule has 1 aliphatic carbocycles. The van der Waals surface area contributed by atoms with Crippen LogP contribution in [0.3, 0.4) is 0 Å². The summed E-state index contributed by atoms with van der Waals surface area (Å²) in [5.41, 5.74) is 0.0100. The predicted octanol–water partition coefficient (Wildman–Crippen LogP) is 1.43. The van der Waals surface area contributed by atoms with Crippen LogP contribution < -0.4 is 4.72 Å². The molecule has 0 unspecified atom stereocenters. The van der Waals surface area contributed by atoms with Crippen molar-refractivity contribution in [1.82, 2.24) is 9.29 Å². The van der Waals surface area contributed by atoms with Gasteiger partial charge < -0.3 is 9.67 Å². The minimum Gasteiger partial charge on any atom is -0.477 e. The molecule has 1 saturated carbocycles. The molecule has 0 aromatic carbocycles. The maximum absolute atomic E-state index is 12.1. The summed E-state index contributed by atoms with van der Waals surface area (Å²) in [6.45, 7) is 2.40. The summed E-state index contributed by atoms with van der Waals surface area (Å²) in [5, 5.41) is 9.07. The van der Waals surface area contributed by atoms with Crippen LogP contribution in [-0.4, -0.2) is 30.1 Å². The third-order valence-corrected chi connectivity index (χ3v) is 4.78. The van der Waals surface area contributed by atoms with Gasteiger partial charge in [-0.3, -0.25) is 0 Å². The lowest BCUT2D eigenvalue weighted by Gasteiger charge is -2.25. The Kier molecular flexibility index (Phi) is 3.96. The molecule has 0 spiro atoms. The molecule has 0 atom stereocenters. The lowest BCUT2D eigenvalue weighted by atomic mass is 9.94. The van der Waals surface area contributed by atoms with Crippen molar-refractivity contribution < 1.29 is 18.3 Å². The second-order valence-electron chi connectivity index (χ2n) is 4.81. The van der Waals surface area contributed by atoms with E-state index in [1.807, 2.05) is 6.92 Å². The number of carboxylic acids is 1. The number of carboxylic acid groups (broad SMARTS) is 1.